The number of nitrogen functional groups attached to an aromatic ring is 1. The molecule has 1 aliphatic rings. The van der Waals surface area contributed by atoms with E-state index in [1.165, 1.54) is 0 Å². The van der Waals surface area contributed by atoms with E-state index in [1.807, 2.05) is 18.2 Å². The van der Waals surface area contributed by atoms with E-state index in [0.29, 0.717) is 23.8 Å². The highest BCUT2D eigenvalue weighted by Gasteiger charge is 2.23. The number of piperidine rings is 1. The molecule has 0 spiro atoms. The number of nitrogens with one attached hydrogen (secondary N) is 1. The van der Waals surface area contributed by atoms with Crippen LogP contribution in [0, 0.1) is 0 Å². The summed E-state index contributed by atoms with van der Waals surface area (Å²) in [7, 11) is 2.17. The molecule has 2 aromatic rings. The average Bonchev–Trinajstić information content (AvgIpc) is 2.75. The van der Waals surface area contributed by atoms with Gasteiger partial charge in [-0.1, -0.05) is 0 Å². The van der Waals surface area contributed by atoms with Crippen LogP contribution in [0.1, 0.15) is 19.8 Å². The Labute approximate surface area is 112 Å². The molecule has 0 amide bonds. The number of hydrogen-bond donors (Lipinski definition) is 2. The number of rotatable bonds is 2. The molecule has 1 aromatic carbocycles. The Morgan fingerprint density at radius 1 is 1.47 bits per heavy atom. The standard InChI is InChI=1S/C14H20N4O/c1-9-7-11(5-6-18(9)2)16-14-17-12-4-3-10(15)8-13(12)19-14/h3-4,8-9,11H,5-7,15H2,1-2H3,(H,16,17). The number of anilines is 2. The Morgan fingerprint density at radius 2 is 2.32 bits per heavy atom. The van der Waals surface area contributed by atoms with Gasteiger partial charge in [-0.3, -0.25) is 0 Å². The maximum Gasteiger partial charge on any atom is 0.295 e. The molecular weight excluding hydrogens is 240 g/mol. The molecule has 0 saturated carbocycles. The van der Waals surface area contributed by atoms with Crippen molar-refractivity contribution >= 4 is 22.8 Å². The van der Waals surface area contributed by atoms with E-state index in [4.69, 9.17) is 10.2 Å². The topological polar surface area (TPSA) is 67.3 Å². The second-order valence-electron chi connectivity index (χ2n) is 5.44. The second kappa shape index (κ2) is 4.74. The fourth-order valence-electron chi connectivity index (χ4n) is 2.60. The number of nitrogens with zero attached hydrogens (tertiary/aromatic N) is 2. The molecule has 5 nitrogen and oxygen atoms in total. The third kappa shape index (κ3) is 2.51. The predicted octanol–water partition coefficient (Wildman–Crippen LogP) is 2.30. The van der Waals surface area contributed by atoms with Crippen molar-refractivity contribution in [2.75, 3.05) is 24.6 Å². The van der Waals surface area contributed by atoms with Gasteiger partial charge in [0.25, 0.3) is 6.01 Å². The van der Waals surface area contributed by atoms with E-state index in [-0.39, 0.29) is 0 Å². The number of fused-ring (bicyclic) bond motifs is 1. The van der Waals surface area contributed by atoms with Crippen molar-refractivity contribution in [1.82, 2.24) is 9.88 Å². The van der Waals surface area contributed by atoms with E-state index in [1.54, 1.807) is 0 Å². The van der Waals surface area contributed by atoms with E-state index >= 15 is 0 Å². The van der Waals surface area contributed by atoms with Gasteiger partial charge in [0.1, 0.15) is 5.52 Å². The molecule has 102 valence electrons. The van der Waals surface area contributed by atoms with Crippen LogP contribution >= 0.6 is 0 Å². The first kappa shape index (κ1) is 12.3. The molecule has 3 N–H and O–H groups in total. The fourth-order valence-corrected chi connectivity index (χ4v) is 2.60. The van der Waals surface area contributed by atoms with Crippen LogP contribution in [0.25, 0.3) is 11.1 Å². The van der Waals surface area contributed by atoms with Gasteiger partial charge in [0, 0.05) is 30.4 Å². The van der Waals surface area contributed by atoms with Crippen LogP contribution in [0.3, 0.4) is 0 Å². The summed E-state index contributed by atoms with van der Waals surface area (Å²) < 4.78 is 5.70. The van der Waals surface area contributed by atoms with Crippen molar-refractivity contribution in [3.63, 3.8) is 0 Å². The van der Waals surface area contributed by atoms with Gasteiger partial charge in [0.15, 0.2) is 5.58 Å². The van der Waals surface area contributed by atoms with E-state index < -0.39 is 0 Å². The molecule has 1 aromatic heterocycles. The van der Waals surface area contributed by atoms with Gasteiger partial charge >= 0.3 is 0 Å². The average molecular weight is 260 g/mol. The number of benzene rings is 1. The van der Waals surface area contributed by atoms with Crippen LogP contribution in [0.5, 0.6) is 0 Å². The highest BCUT2D eigenvalue weighted by molar-refractivity contribution is 5.78. The number of aromatic nitrogens is 1. The van der Waals surface area contributed by atoms with Gasteiger partial charge in [0.05, 0.1) is 0 Å². The van der Waals surface area contributed by atoms with Crippen molar-refractivity contribution < 1.29 is 4.42 Å². The SMILES string of the molecule is CC1CC(Nc2nc3ccc(N)cc3o2)CCN1C. The smallest absolute Gasteiger partial charge is 0.295 e. The largest absolute Gasteiger partial charge is 0.423 e. The van der Waals surface area contributed by atoms with Crippen LogP contribution in [-0.2, 0) is 0 Å². The maximum absolute atomic E-state index is 5.74. The van der Waals surface area contributed by atoms with Crippen molar-refractivity contribution in [1.29, 1.82) is 0 Å². The fraction of sp³-hybridized carbons (Fsp3) is 0.500. The molecule has 1 aliphatic heterocycles. The minimum Gasteiger partial charge on any atom is -0.423 e. The van der Waals surface area contributed by atoms with Gasteiger partial charge in [-0.25, -0.2) is 0 Å². The van der Waals surface area contributed by atoms with Gasteiger partial charge in [-0.05, 0) is 38.9 Å². The first-order valence-corrected chi connectivity index (χ1v) is 6.74. The molecule has 19 heavy (non-hydrogen) atoms. The number of nitrogens with two attached hydrogens (primary N) is 1. The number of likely N-dealkylation sites (tertiary alicyclic amines) is 1. The lowest BCUT2D eigenvalue weighted by atomic mass is 9.99. The summed E-state index contributed by atoms with van der Waals surface area (Å²) in [5, 5.41) is 3.40. The minimum absolute atomic E-state index is 0.427. The molecule has 0 radical (unpaired) electrons. The Hall–Kier alpha value is -1.75. The Morgan fingerprint density at radius 3 is 3.11 bits per heavy atom. The summed E-state index contributed by atoms with van der Waals surface area (Å²) in [6.07, 6.45) is 2.22. The van der Waals surface area contributed by atoms with Gasteiger partial charge in [-0.15, -0.1) is 0 Å². The van der Waals surface area contributed by atoms with Crippen molar-refractivity contribution in [3.8, 4) is 0 Å². The zero-order chi connectivity index (χ0) is 13.4. The lowest BCUT2D eigenvalue weighted by Gasteiger charge is -2.34. The highest BCUT2D eigenvalue weighted by Crippen LogP contribution is 2.24. The Kier molecular flexibility index (Phi) is 3.06. The molecule has 2 heterocycles. The Bertz CT molecular complexity index is 580. The van der Waals surface area contributed by atoms with Crippen LogP contribution in [0.4, 0.5) is 11.7 Å². The van der Waals surface area contributed by atoms with Crippen LogP contribution < -0.4 is 11.1 Å². The minimum atomic E-state index is 0.427. The number of oxazole rings is 1. The summed E-state index contributed by atoms with van der Waals surface area (Å²) in [4.78, 5) is 6.82. The molecule has 2 atom stereocenters. The third-order valence-corrected chi connectivity index (χ3v) is 3.95. The van der Waals surface area contributed by atoms with Crippen LogP contribution in [0.2, 0.25) is 0 Å². The van der Waals surface area contributed by atoms with E-state index in [2.05, 4.69) is 29.2 Å². The molecule has 1 fully saturated rings. The summed E-state index contributed by atoms with van der Waals surface area (Å²) >= 11 is 0. The summed E-state index contributed by atoms with van der Waals surface area (Å²) in [5.41, 5.74) is 8.02. The molecule has 0 aliphatic carbocycles. The zero-order valence-electron chi connectivity index (χ0n) is 11.4. The third-order valence-electron chi connectivity index (χ3n) is 3.95. The van der Waals surface area contributed by atoms with Crippen LogP contribution in [-0.4, -0.2) is 35.6 Å². The summed E-state index contributed by atoms with van der Waals surface area (Å²) in [6.45, 7) is 3.35. The highest BCUT2D eigenvalue weighted by atomic mass is 16.4. The van der Waals surface area contributed by atoms with Crippen molar-refractivity contribution in [2.24, 2.45) is 0 Å². The van der Waals surface area contributed by atoms with Crippen LogP contribution in [0.15, 0.2) is 22.6 Å². The lowest BCUT2D eigenvalue weighted by molar-refractivity contribution is 0.189. The first-order valence-electron chi connectivity index (χ1n) is 6.74. The van der Waals surface area contributed by atoms with Gasteiger partial charge in [0.2, 0.25) is 0 Å². The normalized spacial score (nSPS) is 24.7. The zero-order valence-corrected chi connectivity index (χ0v) is 11.4. The first-order chi connectivity index (χ1) is 9.11. The quantitative estimate of drug-likeness (QED) is 0.811. The van der Waals surface area contributed by atoms with E-state index in [9.17, 15) is 0 Å². The van der Waals surface area contributed by atoms with Gasteiger partial charge in [-0.2, -0.15) is 4.98 Å². The molecule has 1 saturated heterocycles. The predicted molar refractivity (Wildman–Crippen MR) is 77.2 cm³/mol. The maximum atomic E-state index is 5.74. The molecule has 5 heteroatoms. The summed E-state index contributed by atoms with van der Waals surface area (Å²) in [5.74, 6) is 0. The van der Waals surface area contributed by atoms with Crippen molar-refractivity contribution in [3.05, 3.63) is 18.2 Å². The van der Waals surface area contributed by atoms with E-state index in [0.717, 1.165) is 30.5 Å². The molecule has 2 unspecified atom stereocenters. The monoisotopic (exact) mass is 260 g/mol. The lowest BCUT2D eigenvalue weighted by Crippen LogP contribution is -2.42. The molecule has 0 bridgehead atoms. The number of hydrogen-bond acceptors (Lipinski definition) is 5. The second-order valence-corrected chi connectivity index (χ2v) is 5.44. The molecule has 3 rings (SSSR count). The van der Waals surface area contributed by atoms with Crippen molar-refractivity contribution in [2.45, 2.75) is 31.8 Å². The molecular formula is C14H20N4O. The van der Waals surface area contributed by atoms with Gasteiger partial charge < -0.3 is 20.4 Å². The Balaban J connectivity index is 1.74. The summed E-state index contributed by atoms with van der Waals surface area (Å²) in [6, 6.07) is 7.15.